The monoisotopic (exact) mass is 569 g/mol. The average molecular weight is 569 g/mol. The van der Waals surface area contributed by atoms with Crippen molar-refractivity contribution in [2.24, 2.45) is 12.2 Å². The minimum absolute atomic E-state index is 0.0266. The second-order valence-electron chi connectivity index (χ2n) is 8.15. The second kappa shape index (κ2) is 11.1. The number of nitrogens with zero attached hydrogens (tertiary/aromatic N) is 7. The molecule has 2 aromatic heterocycles. The summed E-state index contributed by atoms with van der Waals surface area (Å²) < 4.78 is 121. The van der Waals surface area contributed by atoms with Gasteiger partial charge < -0.3 is 9.74 Å². The van der Waals surface area contributed by atoms with Gasteiger partial charge in [0, 0.05) is 19.3 Å². The predicted octanol–water partition coefficient (Wildman–Crippen LogP) is 5.63. The van der Waals surface area contributed by atoms with Gasteiger partial charge in [0.1, 0.15) is 12.8 Å². The topological polar surface area (TPSA) is 81.3 Å². The number of hydrogen-bond acceptors (Lipinski definition) is 7. The number of benzene rings is 1. The maximum Gasteiger partial charge on any atom is 0.417 e. The van der Waals surface area contributed by atoms with Gasteiger partial charge in [-0.3, -0.25) is 4.98 Å². The summed E-state index contributed by atoms with van der Waals surface area (Å²) in [5, 5.41) is 15.0. The Bertz CT molecular complexity index is 1300. The van der Waals surface area contributed by atoms with E-state index in [0.717, 1.165) is 15.8 Å². The zero-order valence-corrected chi connectivity index (χ0v) is 20.4. The van der Waals surface area contributed by atoms with Crippen LogP contribution < -0.4 is 4.90 Å². The Morgan fingerprint density at radius 2 is 1.49 bits per heavy atom. The molecular formula is C22H20F9N7O. The van der Waals surface area contributed by atoms with Gasteiger partial charge in [-0.1, -0.05) is 17.2 Å². The molecule has 0 saturated carbocycles. The van der Waals surface area contributed by atoms with E-state index in [1.807, 2.05) is 0 Å². The van der Waals surface area contributed by atoms with Crippen molar-refractivity contribution in [1.82, 2.24) is 25.2 Å². The van der Waals surface area contributed by atoms with Crippen LogP contribution in [0, 0.1) is 0 Å². The van der Waals surface area contributed by atoms with Gasteiger partial charge >= 0.3 is 18.5 Å². The number of hydrogen-bond donors (Lipinski definition) is 0. The number of tetrazole rings is 1. The Morgan fingerprint density at radius 1 is 0.897 bits per heavy atom. The molecule has 3 aromatic rings. The highest BCUT2D eigenvalue weighted by atomic mass is 19.4. The molecule has 0 saturated heterocycles. The van der Waals surface area contributed by atoms with Gasteiger partial charge in [-0.25, -0.2) is 0 Å². The Morgan fingerprint density at radius 3 is 1.95 bits per heavy atom. The number of pyridine rings is 1. The summed E-state index contributed by atoms with van der Waals surface area (Å²) in [7, 11) is 2.56. The SMILES string of the molecule is CCC(=NOC)c1ncc(C(F)(F)F)cc1CN(Cc1cc(C(F)(F)F)cc(C(F)(F)F)c1)c1nnn(C)n1. The maximum atomic E-state index is 13.5. The summed E-state index contributed by atoms with van der Waals surface area (Å²) in [6.07, 6.45) is -14.3. The van der Waals surface area contributed by atoms with Crippen molar-refractivity contribution in [3.05, 3.63) is 64.0 Å². The van der Waals surface area contributed by atoms with Crippen molar-refractivity contribution in [2.75, 3.05) is 12.0 Å². The lowest BCUT2D eigenvalue weighted by Crippen LogP contribution is -2.26. The first kappa shape index (κ1) is 29.6. The Balaban J connectivity index is 2.17. The summed E-state index contributed by atoms with van der Waals surface area (Å²) in [6, 6.07) is 1.74. The third-order valence-corrected chi connectivity index (χ3v) is 5.27. The van der Waals surface area contributed by atoms with Crippen molar-refractivity contribution >= 4 is 11.7 Å². The highest BCUT2D eigenvalue weighted by molar-refractivity contribution is 5.99. The first-order valence-corrected chi connectivity index (χ1v) is 11.0. The second-order valence-corrected chi connectivity index (χ2v) is 8.15. The Kier molecular flexibility index (Phi) is 8.40. The van der Waals surface area contributed by atoms with Gasteiger partial charge in [-0.15, -0.1) is 5.10 Å². The molecule has 3 rings (SSSR count). The van der Waals surface area contributed by atoms with Crippen LogP contribution in [0.15, 0.2) is 35.6 Å². The fourth-order valence-electron chi connectivity index (χ4n) is 3.57. The molecule has 0 N–H and O–H groups in total. The van der Waals surface area contributed by atoms with E-state index in [2.05, 4.69) is 25.6 Å². The molecule has 17 heteroatoms. The van der Waals surface area contributed by atoms with Crippen LogP contribution in [-0.4, -0.2) is 38.0 Å². The van der Waals surface area contributed by atoms with E-state index in [0.29, 0.717) is 18.3 Å². The third kappa shape index (κ3) is 7.35. The lowest BCUT2D eigenvalue weighted by Gasteiger charge is -2.24. The number of anilines is 1. The highest BCUT2D eigenvalue weighted by Gasteiger charge is 2.37. The Hall–Kier alpha value is -3.92. The zero-order chi connectivity index (χ0) is 29.2. The summed E-state index contributed by atoms with van der Waals surface area (Å²) in [4.78, 5) is 10.6. The number of rotatable bonds is 8. The molecule has 0 fully saturated rings. The first-order chi connectivity index (χ1) is 18.0. The van der Waals surface area contributed by atoms with Crippen molar-refractivity contribution in [3.63, 3.8) is 0 Å². The molecule has 0 radical (unpaired) electrons. The minimum atomic E-state index is -5.10. The fourth-order valence-corrected chi connectivity index (χ4v) is 3.57. The molecule has 0 bridgehead atoms. The van der Waals surface area contributed by atoms with Gasteiger partial charge in [0.25, 0.3) is 5.95 Å². The lowest BCUT2D eigenvalue weighted by atomic mass is 10.0. The number of aryl methyl sites for hydroxylation is 1. The lowest BCUT2D eigenvalue weighted by molar-refractivity contribution is -0.143. The zero-order valence-electron chi connectivity index (χ0n) is 20.4. The van der Waals surface area contributed by atoms with Gasteiger partial charge in [0.15, 0.2) is 0 Å². The van der Waals surface area contributed by atoms with E-state index in [-0.39, 0.29) is 35.4 Å². The van der Waals surface area contributed by atoms with Crippen LogP contribution >= 0.6 is 0 Å². The number of oxime groups is 1. The van der Waals surface area contributed by atoms with Crippen LogP contribution in [-0.2, 0) is 43.5 Å². The summed E-state index contributed by atoms with van der Waals surface area (Å²) in [6.45, 7) is 0.458. The summed E-state index contributed by atoms with van der Waals surface area (Å²) in [5.41, 5.74) is -4.69. The third-order valence-electron chi connectivity index (χ3n) is 5.27. The largest absolute Gasteiger partial charge is 0.417 e. The van der Waals surface area contributed by atoms with Crippen LogP contribution in [0.2, 0.25) is 0 Å². The normalized spacial score (nSPS) is 13.1. The number of alkyl halides is 9. The first-order valence-electron chi connectivity index (χ1n) is 11.0. The quantitative estimate of drug-likeness (QED) is 0.199. The molecule has 0 aliphatic carbocycles. The molecule has 0 unspecified atom stereocenters. The van der Waals surface area contributed by atoms with Crippen LogP contribution in [0.1, 0.15) is 46.9 Å². The van der Waals surface area contributed by atoms with E-state index in [4.69, 9.17) is 4.84 Å². The van der Waals surface area contributed by atoms with Crippen LogP contribution in [0.25, 0.3) is 0 Å². The van der Waals surface area contributed by atoms with E-state index in [1.54, 1.807) is 6.92 Å². The number of aromatic nitrogens is 5. The predicted molar refractivity (Wildman–Crippen MR) is 118 cm³/mol. The summed E-state index contributed by atoms with van der Waals surface area (Å²) in [5.74, 6) is -0.270. The molecule has 0 spiro atoms. The molecule has 8 nitrogen and oxygen atoms in total. The molecule has 0 aliphatic heterocycles. The average Bonchev–Trinajstić information content (AvgIpc) is 3.26. The maximum absolute atomic E-state index is 13.5. The number of halogens is 9. The van der Waals surface area contributed by atoms with Crippen molar-refractivity contribution in [2.45, 2.75) is 45.0 Å². The van der Waals surface area contributed by atoms with E-state index in [1.165, 1.54) is 14.2 Å². The van der Waals surface area contributed by atoms with Gasteiger partial charge in [-0.05, 0) is 47.0 Å². The van der Waals surface area contributed by atoms with Crippen molar-refractivity contribution in [1.29, 1.82) is 0 Å². The molecule has 39 heavy (non-hydrogen) atoms. The van der Waals surface area contributed by atoms with Gasteiger partial charge in [0.05, 0.1) is 29.4 Å². The van der Waals surface area contributed by atoms with E-state index >= 15 is 0 Å². The smallest absolute Gasteiger partial charge is 0.399 e. The molecule has 0 aliphatic rings. The molecule has 212 valence electrons. The standard InChI is InChI=1S/C22H20F9N7O/c1-4-17(35-39-3)18-13(7-16(9-32-18)22(29,30)31)11-38(19-33-36-37(2)34-19)10-12-5-14(20(23,24)25)8-15(6-12)21(26,27)28/h5-9H,4,10-11H2,1-3H3. The van der Waals surface area contributed by atoms with Crippen molar-refractivity contribution < 1.29 is 44.4 Å². The van der Waals surface area contributed by atoms with E-state index < -0.39 is 53.9 Å². The molecule has 0 amide bonds. The van der Waals surface area contributed by atoms with Crippen LogP contribution in [0.3, 0.4) is 0 Å². The molecular weight excluding hydrogens is 549 g/mol. The van der Waals surface area contributed by atoms with Crippen LogP contribution in [0.4, 0.5) is 45.5 Å². The molecule has 0 atom stereocenters. The summed E-state index contributed by atoms with van der Waals surface area (Å²) >= 11 is 0. The Labute approximate surface area is 215 Å². The molecule has 1 aromatic carbocycles. The minimum Gasteiger partial charge on any atom is -0.399 e. The van der Waals surface area contributed by atoms with Crippen LogP contribution in [0.5, 0.6) is 0 Å². The molecule has 2 heterocycles. The fraction of sp³-hybridized carbons (Fsp3) is 0.409. The van der Waals surface area contributed by atoms with Gasteiger partial charge in [0.2, 0.25) is 0 Å². The van der Waals surface area contributed by atoms with Gasteiger partial charge in [-0.2, -0.15) is 44.3 Å². The van der Waals surface area contributed by atoms with E-state index in [9.17, 15) is 39.5 Å². The van der Waals surface area contributed by atoms with Crippen molar-refractivity contribution in [3.8, 4) is 0 Å². The highest BCUT2D eigenvalue weighted by Crippen LogP contribution is 2.37.